The van der Waals surface area contributed by atoms with Gasteiger partial charge in [-0.2, -0.15) is 0 Å². The van der Waals surface area contributed by atoms with Crippen molar-refractivity contribution in [1.82, 2.24) is 4.98 Å². The molecule has 3 aromatic rings. The molecular formula is C18H21NO. The van der Waals surface area contributed by atoms with Crippen molar-refractivity contribution in [3.63, 3.8) is 0 Å². The Morgan fingerprint density at radius 1 is 0.800 bits per heavy atom. The molecule has 0 saturated carbocycles. The number of hydrogen-bond acceptors (Lipinski definition) is 2. The highest BCUT2D eigenvalue weighted by molar-refractivity contribution is 6.07. The zero-order valence-electron chi connectivity index (χ0n) is 12.6. The van der Waals surface area contributed by atoms with Crippen molar-refractivity contribution in [2.45, 2.75) is 33.8 Å². The van der Waals surface area contributed by atoms with Crippen molar-refractivity contribution < 1.29 is 4.74 Å². The van der Waals surface area contributed by atoms with Crippen LogP contribution in [0.3, 0.4) is 0 Å². The Morgan fingerprint density at radius 2 is 1.35 bits per heavy atom. The van der Waals surface area contributed by atoms with Crippen molar-refractivity contribution in [1.29, 1.82) is 0 Å². The topological polar surface area (TPSA) is 22.1 Å². The van der Waals surface area contributed by atoms with E-state index in [0.29, 0.717) is 0 Å². The van der Waals surface area contributed by atoms with Crippen molar-refractivity contribution in [2.24, 2.45) is 0 Å². The lowest BCUT2D eigenvalue weighted by Crippen LogP contribution is -2.07. The summed E-state index contributed by atoms with van der Waals surface area (Å²) in [6.07, 6.45) is 0.127. The van der Waals surface area contributed by atoms with Gasteiger partial charge in [-0.1, -0.05) is 50.2 Å². The number of pyridine rings is 1. The van der Waals surface area contributed by atoms with E-state index in [1.54, 1.807) is 0 Å². The number of hydrogen-bond donors (Lipinski definition) is 0. The molecule has 0 atom stereocenters. The molecule has 3 rings (SSSR count). The smallest absolute Gasteiger partial charge is 0.222 e. The van der Waals surface area contributed by atoms with E-state index in [0.717, 1.165) is 16.8 Å². The molecule has 0 saturated heterocycles. The van der Waals surface area contributed by atoms with Crippen LogP contribution in [-0.4, -0.2) is 11.1 Å². The van der Waals surface area contributed by atoms with Crippen LogP contribution in [-0.2, 0) is 0 Å². The predicted octanol–water partition coefficient (Wildman–Crippen LogP) is 5.20. The molecule has 0 aliphatic rings. The summed E-state index contributed by atoms with van der Waals surface area (Å²) in [5.74, 6) is 0.722. The zero-order valence-corrected chi connectivity index (χ0v) is 12.6. The number of nitrogens with zero attached hydrogens (tertiary/aromatic N) is 1. The third kappa shape index (κ3) is 2.74. The molecule has 0 N–H and O–H groups in total. The molecule has 0 unspecified atom stereocenters. The highest BCUT2D eigenvalue weighted by Gasteiger charge is 2.09. The Morgan fingerprint density at radius 3 is 2.00 bits per heavy atom. The molecule has 2 nitrogen and oxygen atoms in total. The third-order valence-electron chi connectivity index (χ3n) is 2.92. The number of fused-ring (bicyclic) bond motifs is 3. The highest BCUT2D eigenvalue weighted by Crippen LogP contribution is 2.30. The third-order valence-corrected chi connectivity index (χ3v) is 2.92. The van der Waals surface area contributed by atoms with Crippen LogP contribution >= 0.6 is 0 Å². The van der Waals surface area contributed by atoms with Gasteiger partial charge in [0.15, 0.2) is 0 Å². The number of benzene rings is 2. The average molecular weight is 267 g/mol. The van der Waals surface area contributed by atoms with Gasteiger partial charge in [-0.05, 0) is 31.4 Å². The van der Waals surface area contributed by atoms with Crippen molar-refractivity contribution >= 4 is 21.7 Å². The first-order valence-electron chi connectivity index (χ1n) is 7.20. The van der Waals surface area contributed by atoms with E-state index in [1.165, 1.54) is 10.8 Å². The van der Waals surface area contributed by atoms with Gasteiger partial charge in [-0.15, -0.1) is 0 Å². The molecule has 20 heavy (non-hydrogen) atoms. The zero-order chi connectivity index (χ0) is 14.5. The fourth-order valence-electron chi connectivity index (χ4n) is 2.19. The van der Waals surface area contributed by atoms with Gasteiger partial charge in [0.2, 0.25) is 5.88 Å². The summed E-state index contributed by atoms with van der Waals surface area (Å²) in [6.45, 7) is 8.04. The number of rotatable bonds is 2. The van der Waals surface area contributed by atoms with Gasteiger partial charge >= 0.3 is 0 Å². The van der Waals surface area contributed by atoms with Gasteiger partial charge in [0.25, 0.3) is 0 Å². The largest absolute Gasteiger partial charge is 0.474 e. The first-order chi connectivity index (χ1) is 9.75. The summed E-state index contributed by atoms with van der Waals surface area (Å²) in [5.41, 5.74) is 0.979. The van der Waals surface area contributed by atoms with E-state index in [4.69, 9.17) is 4.74 Å². The molecule has 0 bridgehead atoms. The number of ether oxygens (including phenoxy) is 1. The van der Waals surface area contributed by atoms with Crippen LogP contribution in [0, 0.1) is 0 Å². The van der Waals surface area contributed by atoms with Crippen molar-refractivity contribution in [3.05, 3.63) is 48.5 Å². The summed E-state index contributed by atoms with van der Waals surface area (Å²) in [6, 6.07) is 16.4. The van der Waals surface area contributed by atoms with Gasteiger partial charge in [0.05, 0.1) is 11.6 Å². The second kappa shape index (κ2) is 6.38. The van der Waals surface area contributed by atoms with Crippen LogP contribution in [0.5, 0.6) is 5.88 Å². The Hall–Kier alpha value is -2.09. The Kier molecular flexibility index (Phi) is 4.57. The maximum Gasteiger partial charge on any atom is 0.222 e. The molecule has 0 aliphatic carbocycles. The van der Waals surface area contributed by atoms with E-state index in [9.17, 15) is 0 Å². The van der Waals surface area contributed by atoms with E-state index in [-0.39, 0.29) is 6.10 Å². The van der Waals surface area contributed by atoms with Crippen LogP contribution in [0.25, 0.3) is 21.7 Å². The minimum absolute atomic E-state index is 0.127. The predicted molar refractivity (Wildman–Crippen MR) is 86.4 cm³/mol. The van der Waals surface area contributed by atoms with Crippen molar-refractivity contribution in [3.8, 4) is 5.88 Å². The molecule has 0 aliphatic heterocycles. The van der Waals surface area contributed by atoms with Gasteiger partial charge in [-0.25, -0.2) is 4.98 Å². The lowest BCUT2D eigenvalue weighted by molar-refractivity contribution is 0.237. The summed E-state index contributed by atoms with van der Waals surface area (Å²) in [7, 11) is 0. The minimum Gasteiger partial charge on any atom is -0.474 e. The lowest BCUT2D eigenvalue weighted by Gasteiger charge is -2.13. The molecule has 104 valence electrons. The molecule has 2 aromatic carbocycles. The van der Waals surface area contributed by atoms with E-state index >= 15 is 0 Å². The SMILES string of the molecule is CC.CC(C)Oc1nc2ccccc2c2ccccc12. The van der Waals surface area contributed by atoms with E-state index in [2.05, 4.69) is 23.2 Å². The normalized spacial score (nSPS) is 10.4. The Labute approximate surface area is 120 Å². The van der Waals surface area contributed by atoms with Crippen molar-refractivity contribution in [2.75, 3.05) is 0 Å². The molecule has 0 fully saturated rings. The van der Waals surface area contributed by atoms with Crippen LogP contribution in [0.15, 0.2) is 48.5 Å². The quantitative estimate of drug-likeness (QED) is 0.595. The van der Waals surface area contributed by atoms with Crippen LogP contribution in [0.4, 0.5) is 0 Å². The average Bonchev–Trinajstić information content (AvgIpc) is 2.49. The Bertz CT molecular complexity index is 704. The highest BCUT2D eigenvalue weighted by atomic mass is 16.5. The molecule has 2 heteroatoms. The maximum atomic E-state index is 5.82. The van der Waals surface area contributed by atoms with Gasteiger partial charge in [-0.3, -0.25) is 0 Å². The van der Waals surface area contributed by atoms with Crippen LogP contribution in [0.2, 0.25) is 0 Å². The summed E-state index contributed by atoms with van der Waals surface area (Å²) in [4.78, 5) is 4.62. The molecule has 0 radical (unpaired) electrons. The van der Waals surface area contributed by atoms with E-state index in [1.807, 2.05) is 58.0 Å². The number of aromatic nitrogens is 1. The lowest BCUT2D eigenvalue weighted by atomic mass is 10.1. The second-order valence-electron chi connectivity index (χ2n) is 4.65. The molecular weight excluding hydrogens is 246 g/mol. The monoisotopic (exact) mass is 267 g/mol. The summed E-state index contributed by atoms with van der Waals surface area (Å²) >= 11 is 0. The van der Waals surface area contributed by atoms with Crippen LogP contribution < -0.4 is 4.74 Å². The summed E-state index contributed by atoms with van der Waals surface area (Å²) < 4.78 is 5.82. The van der Waals surface area contributed by atoms with Gasteiger partial charge in [0.1, 0.15) is 0 Å². The first kappa shape index (κ1) is 14.3. The van der Waals surface area contributed by atoms with Gasteiger partial charge in [0, 0.05) is 10.8 Å². The second-order valence-corrected chi connectivity index (χ2v) is 4.65. The first-order valence-corrected chi connectivity index (χ1v) is 7.20. The number of para-hydroxylation sites is 1. The molecule has 1 heterocycles. The molecule has 0 amide bonds. The summed E-state index contributed by atoms with van der Waals surface area (Å²) in [5, 5.41) is 3.44. The van der Waals surface area contributed by atoms with Gasteiger partial charge < -0.3 is 4.74 Å². The minimum atomic E-state index is 0.127. The standard InChI is InChI=1S/C16H15NO.C2H6/c1-11(2)18-16-14-9-4-3-7-12(14)13-8-5-6-10-15(13)17-16;1-2/h3-11H,1-2H3;1-2H3. The Balaban J connectivity index is 0.000000704. The fourth-order valence-corrected chi connectivity index (χ4v) is 2.19. The fraction of sp³-hybridized carbons (Fsp3) is 0.278. The van der Waals surface area contributed by atoms with Crippen LogP contribution in [0.1, 0.15) is 27.7 Å². The van der Waals surface area contributed by atoms with E-state index < -0.39 is 0 Å². The maximum absolute atomic E-state index is 5.82. The molecule has 1 aromatic heterocycles. The molecule has 0 spiro atoms.